The Morgan fingerprint density at radius 2 is 2.05 bits per heavy atom. The highest BCUT2D eigenvalue weighted by Crippen LogP contribution is 2.32. The van der Waals surface area contributed by atoms with Crippen LogP contribution in [0.2, 0.25) is 0 Å². The number of methoxy groups -OCH3 is 1. The van der Waals surface area contributed by atoms with Crippen LogP contribution in [0.1, 0.15) is 11.9 Å². The predicted molar refractivity (Wildman–Crippen MR) is 71.6 cm³/mol. The largest absolute Gasteiger partial charge is 0.493 e. The lowest BCUT2D eigenvalue weighted by atomic mass is 10.2. The number of alkyl halides is 1. The number of ether oxygens (including phenoxy) is 4. The highest BCUT2D eigenvalue weighted by Gasteiger charge is 2.19. The van der Waals surface area contributed by atoms with E-state index in [0.717, 1.165) is 5.56 Å². The van der Waals surface area contributed by atoms with Crippen molar-refractivity contribution in [1.29, 1.82) is 0 Å². The molecule has 1 aliphatic heterocycles. The summed E-state index contributed by atoms with van der Waals surface area (Å²) in [4.78, 5) is 0. The SMILES string of the molecule is COc1cc(C2OCCO2)ccc1OCC#CCCl. The number of rotatable bonds is 4. The van der Waals surface area contributed by atoms with E-state index in [-0.39, 0.29) is 12.9 Å². The zero-order valence-electron chi connectivity index (χ0n) is 10.6. The molecule has 5 heteroatoms. The molecule has 1 aliphatic rings. The molecule has 4 nitrogen and oxygen atoms in total. The van der Waals surface area contributed by atoms with Crippen LogP contribution in [0, 0.1) is 11.8 Å². The summed E-state index contributed by atoms with van der Waals surface area (Å²) in [6.07, 6.45) is -0.320. The highest BCUT2D eigenvalue weighted by atomic mass is 35.5. The molecule has 0 aromatic heterocycles. The van der Waals surface area contributed by atoms with Gasteiger partial charge in [-0.2, -0.15) is 0 Å². The van der Waals surface area contributed by atoms with E-state index in [1.165, 1.54) is 0 Å². The minimum atomic E-state index is -0.320. The van der Waals surface area contributed by atoms with Gasteiger partial charge in [-0.3, -0.25) is 0 Å². The normalized spacial score (nSPS) is 14.8. The van der Waals surface area contributed by atoms with Gasteiger partial charge in [0.1, 0.15) is 6.61 Å². The van der Waals surface area contributed by atoms with E-state index in [1.54, 1.807) is 7.11 Å². The maximum atomic E-state index is 5.51. The fourth-order valence-corrected chi connectivity index (χ4v) is 1.81. The first-order chi connectivity index (χ1) is 9.35. The van der Waals surface area contributed by atoms with Crippen molar-refractivity contribution in [3.05, 3.63) is 23.8 Å². The molecule has 2 rings (SSSR count). The number of benzene rings is 1. The van der Waals surface area contributed by atoms with E-state index >= 15 is 0 Å². The molecule has 1 aromatic rings. The average molecular weight is 283 g/mol. The number of halogens is 1. The van der Waals surface area contributed by atoms with E-state index in [1.807, 2.05) is 18.2 Å². The number of hydrogen-bond donors (Lipinski definition) is 0. The van der Waals surface area contributed by atoms with Crippen molar-refractivity contribution in [3.8, 4) is 23.3 Å². The van der Waals surface area contributed by atoms with Crippen molar-refractivity contribution >= 4 is 11.6 Å². The van der Waals surface area contributed by atoms with Gasteiger partial charge in [-0.05, 0) is 12.1 Å². The van der Waals surface area contributed by atoms with Crippen molar-refractivity contribution in [3.63, 3.8) is 0 Å². The molecule has 1 saturated heterocycles. The first kappa shape index (κ1) is 14.0. The molecule has 1 heterocycles. The van der Waals surface area contributed by atoms with Crippen LogP contribution in [-0.2, 0) is 9.47 Å². The minimum Gasteiger partial charge on any atom is -0.493 e. The molecule has 0 amide bonds. The van der Waals surface area contributed by atoms with Crippen LogP contribution in [0.25, 0.3) is 0 Å². The molecule has 0 unspecified atom stereocenters. The average Bonchev–Trinajstić information content (AvgIpc) is 2.98. The van der Waals surface area contributed by atoms with E-state index in [4.69, 9.17) is 30.5 Å². The Kier molecular flexibility index (Phi) is 5.34. The first-order valence-electron chi connectivity index (χ1n) is 5.91. The summed E-state index contributed by atoms with van der Waals surface area (Å²) < 4.78 is 21.7. The Morgan fingerprint density at radius 3 is 2.74 bits per heavy atom. The van der Waals surface area contributed by atoms with Crippen LogP contribution in [0.15, 0.2) is 18.2 Å². The Labute approximate surface area is 117 Å². The van der Waals surface area contributed by atoms with Crippen LogP contribution in [0.5, 0.6) is 11.5 Å². The third kappa shape index (κ3) is 3.77. The monoisotopic (exact) mass is 282 g/mol. The molecule has 0 N–H and O–H groups in total. The smallest absolute Gasteiger partial charge is 0.184 e. The van der Waals surface area contributed by atoms with Gasteiger partial charge in [0.25, 0.3) is 0 Å². The maximum absolute atomic E-state index is 5.51. The van der Waals surface area contributed by atoms with E-state index in [0.29, 0.717) is 30.6 Å². The second-order valence-electron chi connectivity index (χ2n) is 3.76. The molecule has 0 saturated carbocycles. The second-order valence-corrected chi connectivity index (χ2v) is 4.03. The van der Waals surface area contributed by atoms with Crippen LogP contribution in [0.3, 0.4) is 0 Å². The van der Waals surface area contributed by atoms with Gasteiger partial charge in [0, 0.05) is 5.56 Å². The van der Waals surface area contributed by atoms with Crippen molar-refractivity contribution in [2.75, 3.05) is 32.8 Å². The fourth-order valence-electron chi connectivity index (χ4n) is 1.71. The van der Waals surface area contributed by atoms with Crippen molar-refractivity contribution < 1.29 is 18.9 Å². The van der Waals surface area contributed by atoms with Gasteiger partial charge < -0.3 is 18.9 Å². The Hall–Kier alpha value is -1.41. The Morgan fingerprint density at radius 1 is 1.26 bits per heavy atom. The summed E-state index contributed by atoms with van der Waals surface area (Å²) in [5.74, 6) is 7.08. The Balaban J connectivity index is 2.07. The molecule has 0 bridgehead atoms. The zero-order chi connectivity index (χ0) is 13.5. The van der Waals surface area contributed by atoms with Gasteiger partial charge in [0.2, 0.25) is 0 Å². The first-order valence-corrected chi connectivity index (χ1v) is 6.44. The molecule has 0 radical (unpaired) electrons. The second kappa shape index (κ2) is 7.25. The molecule has 1 aromatic carbocycles. The van der Waals surface area contributed by atoms with Crippen LogP contribution in [0.4, 0.5) is 0 Å². The molecule has 102 valence electrons. The molecule has 0 aliphatic carbocycles. The van der Waals surface area contributed by atoms with Crippen molar-refractivity contribution in [2.24, 2.45) is 0 Å². The van der Waals surface area contributed by atoms with Gasteiger partial charge in [-0.1, -0.05) is 17.9 Å². The van der Waals surface area contributed by atoms with Crippen LogP contribution < -0.4 is 9.47 Å². The summed E-state index contributed by atoms with van der Waals surface area (Å²) in [5, 5.41) is 0. The summed E-state index contributed by atoms with van der Waals surface area (Å²) in [7, 11) is 1.59. The van der Waals surface area contributed by atoms with Gasteiger partial charge in [0.05, 0.1) is 26.2 Å². The molecule has 19 heavy (non-hydrogen) atoms. The summed E-state index contributed by atoms with van der Waals surface area (Å²) in [6.45, 7) is 1.50. The topological polar surface area (TPSA) is 36.9 Å². The molecular formula is C14H15ClO4. The van der Waals surface area contributed by atoms with E-state index in [9.17, 15) is 0 Å². The fraction of sp³-hybridized carbons (Fsp3) is 0.429. The lowest BCUT2D eigenvalue weighted by molar-refractivity contribution is -0.0442. The molecule has 0 atom stereocenters. The quantitative estimate of drug-likeness (QED) is 0.627. The lowest BCUT2D eigenvalue weighted by Crippen LogP contribution is -2.01. The summed E-state index contributed by atoms with van der Waals surface area (Å²) in [5.41, 5.74) is 0.911. The third-order valence-electron chi connectivity index (χ3n) is 2.57. The van der Waals surface area contributed by atoms with Crippen LogP contribution >= 0.6 is 11.6 Å². The van der Waals surface area contributed by atoms with Crippen molar-refractivity contribution in [2.45, 2.75) is 6.29 Å². The summed E-state index contributed by atoms with van der Waals surface area (Å²) in [6, 6.07) is 5.56. The number of hydrogen-bond acceptors (Lipinski definition) is 4. The third-order valence-corrected chi connectivity index (χ3v) is 2.71. The van der Waals surface area contributed by atoms with E-state index < -0.39 is 0 Å². The minimum absolute atomic E-state index is 0.277. The molecule has 1 fully saturated rings. The zero-order valence-corrected chi connectivity index (χ0v) is 11.4. The molecule has 0 spiro atoms. The van der Waals surface area contributed by atoms with Gasteiger partial charge in [-0.25, -0.2) is 0 Å². The predicted octanol–water partition coefficient (Wildman–Crippen LogP) is 2.36. The van der Waals surface area contributed by atoms with Crippen molar-refractivity contribution in [1.82, 2.24) is 0 Å². The molecular weight excluding hydrogens is 268 g/mol. The highest BCUT2D eigenvalue weighted by molar-refractivity contribution is 6.19. The van der Waals surface area contributed by atoms with Crippen LogP contribution in [-0.4, -0.2) is 32.8 Å². The lowest BCUT2D eigenvalue weighted by Gasteiger charge is -2.13. The Bertz CT molecular complexity index is 472. The summed E-state index contributed by atoms with van der Waals surface area (Å²) >= 11 is 5.45. The standard InChI is InChI=1S/C14H15ClO4/c1-16-13-10-11(14-18-8-9-19-14)4-5-12(13)17-7-3-2-6-15/h4-5,10,14H,6-9H2,1H3. The van der Waals surface area contributed by atoms with Gasteiger partial charge in [0.15, 0.2) is 17.8 Å². The van der Waals surface area contributed by atoms with E-state index in [2.05, 4.69) is 11.8 Å². The maximum Gasteiger partial charge on any atom is 0.184 e. The van der Waals surface area contributed by atoms with Gasteiger partial charge >= 0.3 is 0 Å². The van der Waals surface area contributed by atoms with Gasteiger partial charge in [-0.15, -0.1) is 11.6 Å².